The fourth-order valence-electron chi connectivity index (χ4n) is 3.28. The van der Waals surface area contributed by atoms with Crippen molar-refractivity contribution >= 4 is 34.7 Å². The number of amides is 3. The van der Waals surface area contributed by atoms with Crippen molar-refractivity contribution in [2.75, 3.05) is 35.6 Å². The molecule has 0 aliphatic carbocycles. The van der Waals surface area contributed by atoms with Gasteiger partial charge in [-0.05, 0) is 43.2 Å². The number of likely N-dealkylation sites (tertiary alicyclic amines) is 1. The van der Waals surface area contributed by atoms with Gasteiger partial charge < -0.3 is 20.9 Å². The van der Waals surface area contributed by atoms with E-state index in [4.69, 9.17) is 0 Å². The summed E-state index contributed by atoms with van der Waals surface area (Å²) >= 11 is 0. The van der Waals surface area contributed by atoms with Crippen molar-refractivity contribution in [1.82, 2.24) is 4.90 Å². The van der Waals surface area contributed by atoms with Crippen molar-refractivity contribution in [3.8, 4) is 0 Å². The third-order valence-corrected chi connectivity index (χ3v) is 4.85. The van der Waals surface area contributed by atoms with Gasteiger partial charge in [0, 0.05) is 30.5 Å². The van der Waals surface area contributed by atoms with Gasteiger partial charge in [-0.2, -0.15) is 0 Å². The topological polar surface area (TPSA) is 117 Å². The maximum absolute atomic E-state index is 12.4. The van der Waals surface area contributed by atoms with Crippen LogP contribution in [0.1, 0.15) is 25.7 Å². The van der Waals surface area contributed by atoms with Gasteiger partial charge in [0.05, 0.1) is 11.5 Å². The fraction of sp³-hybridized carbons (Fsp3) is 0.333. The van der Waals surface area contributed by atoms with Crippen molar-refractivity contribution in [1.29, 1.82) is 0 Å². The van der Waals surface area contributed by atoms with Crippen LogP contribution in [0.2, 0.25) is 0 Å². The predicted molar refractivity (Wildman–Crippen MR) is 116 cm³/mol. The zero-order chi connectivity index (χ0) is 21.3. The van der Waals surface area contributed by atoms with Gasteiger partial charge in [-0.15, -0.1) is 0 Å². The van der Waals surface area contributed by atoms with Crippen LogP contribution in [0.5, 0.6) is 0 Å². The number of anilines is 3. The van der Waals surface area contributed by atoms with E-state index in [-0.39, 0.29) is 29.9 Å². The first-order valence-corrected chi connectivity index (χ1v) is 9.96. The first-order valence-electron chi connectivity index (χ1n) is 9.96. The van der Waals surface area contributed by atoms with E-state index >= 15 is 0 Å². The van der Waals surface area contributed by atoms with Crippen LogP contribution >= 0.6 is 0 Å². The molecule has 30 heavy (non-hydrogen) atoms. The predicted octanol–water partition coefficient (Wildman–Crippen LogP) is 4.05. The van der Waals surface area contributed by atoms with E-state index in [1.165, 1.54) is 6.07 Å². The number of carbonyl (C=O) groups excluding carboxylic acids is 2. The molecule has 3 amide bonds. The number of nitrogens with zero attached hydrogens (tertiary/aromatic N) is 2. The third-order valence-electron chi connectivity index (χ3n) is 4.85. The minimum absolute atomic E-state index is 0.0881. The van der Waals surface area contributed by atoms with Gasteiger partial charge in [0.1, 0.15) is 5.69 Å². The normalized spacial score (nSPS) is 13.8. The Balaban J connectivity index is 1.49. The third kappa shape index (κ3) is 5.94. The first-order chi connectivity index (χ1) is 14.5. The lowest BCUT2D eigenvalue weighted by molar-refractivity contribution is -0.383. The number of rotatable bonds is 6. The summed E-state index contributed by atoms with van der Waals surface area (Å²) in [7, 11) is 0. The Morgan fingerprint density at radius 3 is 2.13 bits per heavy atom. The summed E-state index contributed by atoms with van der Waals surface area (Å²) in [5.41, 5.74) is 1.41. The maximum Gasteiger partial charge on any atom is 0.321 e. The molecule has 1 aliphatic heterocycles. The molecule has 0 spiro atoms. The second kappa shape index (κ2) is 10.2. The Bertz CT molecular complexity index is 893. The number of para-hydroxylation sites is 2. The van der Waals surface area contributed by atoms with Crippen LogP contribution in [-0.4, -0.2) is 41.4 Å². The summed E-state index contributed by atoms with van der Waals surface area (Å²) in [5, 5.41) is 19.4. The number of hydrogen-bond acceptors (Lipinski definition) is 5. The second-order valence-corrected chi connectivity index (χ2v) is 7.08. The second-order valence-electron chi connectivity index (χ2n) is 7.08. The first kappa shape index (κ1) is 21.1. The molecule has 0 radical (unpaired) electrons. The van der Waals surface area contributed by atoms with Crippen LogP contribution in [0.4, 0.5) is 27.5 Å². The van der Waals surface area contributed by atoms with Crippen LogP contribution in [0, 0.1) is 10.1 Å². The van der Waals surface area contributed by atoms with Crippen molar-refractivity contribution in [2.24, 2.45) is 0 Å². The number of hydrogen-bond donors (Lipinski definition) is 3. The Labute approximate surface area is 174 Å². The molecule has 2 aromatic carbocycles. The molecule has 1 fully saturated rings. The smallest absolute Gasteiger partial charge is 0.321 e. The molecule has 9 nitrogen and oxygen atoms in total. The Hall–Kier alpha value is -3.62. The highest BCUT2D eigenvalue weighted by atomic mass is 16.6. The van der Waals surface area contributed by atoms with E-state index in [0.29, 0.717) is 11.4 Å². The van der Waals surface area contributed by atoms with E-state index in [2.05, 4.69) is 16.0 Å². The molecule has 2 aromatic rings. The highest BCUT2D eigenvalue weighted by Crippen LogP contribution is 2.23. The lowest BCUT2D eigenvalue weighted by Gasteiger charge is -2.20. The summed E-state index contributed by atoms with van der Waals surface area (Å²) in [4.78, 5) is 36.9. The molecule has 3 rings (SSSR count). The van der Waals surface area contributed by atoms with Gasteiger partial charge in [-0.1, -0.05) is 25.0 Å². The van der Waals surface area contributed by atoms with Crippen LogP contribution in [0.15, 0.2) is 48.5 Å². The van der Waals surface area contributed by atoms with E-state index in [1.54, 1.807) is 42.5 Å². The summed E-state index contributed by atoms with van der Waals surface area (Å²) < 4.78 is 0. The van der Waals surface area contributed by atoms with Gasteiger partial charge in [0.15, 0.2) is 0 Å². The SMILES string of the molecule is O=C(CNc1ccccc1[N+](=O)[O-])Nc1ccc(NC(=O)N2CCCCCC2)cc1. The molecule has 9 heteroatoms. The number of nitrogens with one attached hydrogen (secondary N) is 3. The van der Waals surface area contributed by atoms with Crippen LogP contribution in [0.3, 0.4) is 0 Å². The largest absolute Gasteiger partial charge is 0.371 e. The number of nitro groups is 1. The number of nitro benzene ring substituents is 1. The van der Waals surface area contributed by atoms with Gasteiger partial charge in [0.25, 0.3) is 5.69 Å². The summed E-state index contributed by atoms with van der Waals surface area (Å²) in [6, 6.07) is 12.9. The van der Waals surface area contributed by atoms with Crippen molar-refractivity contribution in [3.63, 3.8) is 0 Å². The zero-order valence-corrected chi connectivity index (χ0v) is 16.6. The average molecular weight is 411 g/mol. The van der Waals surface area contributed by atoms with Crippen molar-refractivity contribution in [2.45, 2.75) is 25.7 Å². The van der Waals surface area contributed by atoms with Gasteiger partial charge in [-0.3, -0.25) is 14.9 Å². The molecule has 3 N–H and O–H groups in total. The van der Waals surface area contributed by atoms with Crippen LogP contribution in [0.25, 0.3) is 0 Å². The Kier molecular flexibility index (Phi) is 7.20. The zero-order valence-electron chi connectivity index (χ0n) is 16.6. The van der Waals surface area contributed by atoms with Gasteiger partial charge in [-0.25, -0.2) is 4.79 Å². The number of carbonyl (C=O) groups is 2. The van der Waals surface area contributed by atoms with Crippen molar-refractivity contribution < 1.29 is 14.5 Å². The molecule has 1 aliphatic rings. The quantitative estimate of drug-likeness (QED) is 0.490. The minimum atomic E-state index is -0.501. The molecule has 0 aromatic heterocycles. The highest BCUT2D eigenvalue weighted by Gasteiger charge is 2.16. The van der Waals surface area contributed by atoms with E-state index in [1.807, 2.05) is 4.90 Å². The molecule has 1 heterocycles. The standard InChI is InChI=1S/C21H25N5O4/c27-20(15-22-18-7-3-4-8-19(18)26(29)30)23-16-9-11-17(12-10-16)24-21(28)25-13-5-1-2-6-14-25/h3-4,7-12,22H,1-2,5-6,13-15H2,(H,23,27)(H,24,28). The lowest BCUT2D eigenvalue weighted by Crippen LogP contribution is -2.35. The van der Waals surface area contributed by atoms with E-state index in [0.717, 1.165) is 38.8 Å². The highest BCUT2D eigenvalue weighted by molar-refractivity contribution is 5.94. The summed E-state index contributed by atoms with van der Waals surface area (Å²) in [5.74, 6) is -0.338. The van der Waals surface area contributed by atoms with E-state index in [9.17, 15) is 19.7 Å². The Morgan fingerprint density at radius 1 is 0.900 bits per heavy atom. The van der Waals surface area contributed by atoms with Gasteiger partial charge >= 0.3 is 6.03 Å². The molecule has 0 saturated carbocycles. The molecule has 0 unspecified atom stereocenters. The number of urea groups is 1. The molecule has 0 bridgehead atoms. The summed E-state index contributed by atoms with van der Waals surface area (Å²) in [6.45, 7) is 1.43. The summed E-state index contributed by atoms with van der Waals surface area (Å²) in [6.07, 6.45) is 4.37. The van der Waals surface area contributed by atoms with Crippen LogP contribution in [-0.2, 0) is 4.79 Å². The van der Waals surface area contributed by atoms with E-state index < -0.39 is 4.92 Å². The molecule has 158 valence electrons. The van der Waals surface area contributed by atoms with Crippen molar-refractivity contribution in [3.05, 3.63) is 58.6 Å². The maximum atomic E-state index is 12.4. The monoisotopic (exact) mass is 411 g/mol. The average Bonchev–Trinajstić information content (AvgIpc) is 3.03. The molecule has 0 atom stereocenters. The lowest BCUT2D eigenvalue weighted by atomic mass is 10.2. The molecular weight excluding hydrogens is 386 g/mol. The molecular formula is C21H25N5O4. The fourth-order valence-corrected chi connectivity index (χ4v) is 3.28. The number of benzene rings is 2. The minimum Gasteiger partial charge on any atom is -0.371 e. The van der Waals surface area contributed by atoms with Crippen LogP contribution < -0.4 is 16.0 Å². The van der Waals surface area contributed by atoms with Gasteiger partial charge in [0.2, 0.25) is 5.91 Å². The Morgan fingerprint density at radius 2 is 1.50 bits per heavy atom. The molecule has 1 saturated heterocycles.